The van der Waals surface area contributed by atoms with Gasteiger partial charge in [0.25, 0.3) is 0 Å². The van der Waals surface area contributed by atoms with Crippen LogP contribution in [0.15, 0.2) is 0 Å². The molecule has 1 heteroatoms. The zero-order valence-electron chi connectivity index (χ0n) is 5.65. The van der Waals surface area contributed by atoms with Crippen molar-refractivity contribution in [3.8, 4) is 0 Å². The first-order valence-corrected chi connectivity index (χ1v) is 3.39. The van der Waals surface area contributed by atoms with Crippen LogP contribution in [0.4, 0.5) is 0 Å². The molecule has 0 aliphatic heterocycles. The van der Waals surface area contributed by atoms with Gasteiger partial charge in [0.2, 0.25) is 0 Å². The molecule has 1 rings (SSSR count). The number of rotatable bonds is 2. The second-order valence-electron chi connectivity index (χ2n) is 3.05. The van der Waals surface area contributed by atoms with Crippen molar-refractivity contribution in [1.82, 2.24) is 0 Å². The van der Waals surface area contributed by atoms with Crippen LogP contribution in [0.25, 0.3) is 0 Å². The summed E-state index contributed by atoms with van der Waals surface area (Å²) < 4.78 is 0. The summed E-state index contributed by atoms with van der Waals surface area (Å²) in [5, 5.41) is 9.22. The number of hydrogen-bond acceptors (Lipinski definition) is 1. The highest BCUT2D eigenvalue weighted by molar-refractivity contribution is 4.98. The van der Waals surface area contributed by atoms with Crippen LogP contribution in [0, 0.1) is 5.92 Å². The average Bonchev–Trinajstić information content (AvgIpc) is 2.15. The van der Waals surface area contributed by atoms with Gasteiger partial charge in [-0.25, -0.2) is 0 Å². The lowest BCUT2D eigenvalue weighted by molar-refractivity contribution is 0.150. The highest BCUT2D eigenvalue weighted by atomic mass is 16.3. The van der Waals surface area contributed by atoms with Gasteiger partial charge in [0, 0.05) is 0 Å². The van der Waals surface area contributed by atoms with E-state index in [1.807, 2.05) is 6.92 Å². The van der Waals surface area contributed by atoms with Crippen LogP contribution < -0.4 is 0 Å². The molecule has 0 bridgehead atoms. The smallest absolute Gasteiger partial charge is 0.0652 e. The zero-order valence-corrected chi connectivity index (χ0v) is 5.65. The molecule has 0 aromatic carbocycles. The van der Waals surface area contributed by atoms with Gasteiger partial charge in [-0.2, -0.15) is 0 Å². The minimum atomic E-state index is -0.282. The molecule has 1 saturated carbocycles. The molecule has 1 aliphatic rings. The van der Waals surface area contributed by atoms with Crippen LogP contribution in [0.2, 0.25) is 0 Å². The van der Waals surface area contributed by atoms with Crippen LogP contribution in [-0.4, -0.2) is 10.7 Å². The quantitative estimate of drug-likeness (QED) is 0.577. The summed E-state index contributed by atoms with van der Waals surface area (Å²) in [6, 6.07) is 0. The Morgan fingerprint density at radius 1 is 1.75 bits per heavy atom. The third-order valence-electron chi connectivity index (χ3n) is 2.02. The average molecular weight is 114 g/mol. The second-order valence-corrected chi connectivity index (χ2v) is 3.05. The van der Waals surface area contributed by atoms with Gasteiger partial charge in [-0.1, -0.05) is 13.3 Å². The van der Waals surface area contributed by atoms with E-state index >= 15 is 0 Å². The molecular weight excluding hydrogens is 100 g/mol. The van der Waals surface area contributed by atoms with Gasteiger partial charge in [-0.05, 0) is 25.7 Å². The van der Waals surface area contributed by atoms with E-state index in [2.05, 4.69) is 6.92 Å². The molecule has 0 aromatic heterocycles. The van der Waals surface area contributed by atoms with Crippen LogP contribution >= 0.6 is 0 Å². The van der Waals surface area contributed by atoms with Crippen LogP contribution in [-0.2, 0) is 0 Å². The normalized spacial score (nSPS) is 44.6. The first kappa shape index (κ1) is 6.09. The predicted molar refractivity (Wildman–Crippen MR) is 33.6 cm³/mol. The third kappa shape index (κ3) is 1.03. The van der Waals surface area contributed by atoms with Gasteiger partial charge in [-0.3, -0.25) is 0 Å². The fourth-order valence-electron chi connectivity index (χ4n) is 1.20. The second kappa shape index (κ2) is 1.73. The standard InChI is InChI=1S/C7H14O/c1-3-4-6-5-7(6,2)8/h6,8H,3-5H2,1-2H3/t6-,7-/m1/s1. The van der Waals surface area contributed by atoms with Crippen molar-refractivity contribution in [1.29, 1.82) is 0 Å². The molecule has 1 fully saturated rings. The summed E-state index contributed by atoms with van der Waals surface area (Å²) in [4.78, 5) is 0. The fraction of sp³-hybridized carbons (Fsp3) is 1.00. The molecule has 0 amide bonds. The predicted octanol–water partition coefficient (Wildman–Crippen LogP) is 1.56. The summed E-state index contributed by atoms with van der Waals surface area (Å²) in [5.74, 6) is 0.618. The molecule has 1 N–H and O–H groups in total. The number of aliphatic hydroxyl groups is 1. The molecule has 0 spiro atoms. The Morgan fingerprint density at radius 3 is 2.38 bits per heavy atom. The number of hydrogen-bond donors (Lipinski definition) is 1. The van der Waals surface area contributed by atoms with Crippen LogP contribution in [0.1, 0.15) is 33.1 Å². The maximum absolute atomic E-state index is 9.22. The lowest BCUT2D eigenvalue weighted by Crippen LogP contribution is -2.02. The maximum Gasteiger partial charge on any atom is 0.0652 e. The molecule has 1 nitrogen and oxygen atoms in total. The van der Waals surface area contributed by atoms with Crippen molar-refractivity contribution in [3.05, 3.63) is 0 Å². The molecule has 0 saturated heterocycles. The Bertz CT molecular complexity index is 86.4. The van der Waals surface area contributed by atoms with Crippen molar-refractivity contribution in [2.24, 2.45) is 5.92 Å². The molecular formula is C7H14O. The first-order chi connectivity index (χ1) is 3.67. The Balaban J connectivity index is 2.17. The fourth-order valence-corrected chi connectivity index (χ4v) is 1.20. The van der Waals surface area contributed by atoms with Crippen LogP contribution in [0.3, 0.4) is 0 Å². The first-order valence-electron chi connectivity index (χ1n) is 3.39. The van der Waals surface area contributed by atoms with Gasteiger partial charge in [0.1, 0.15) is 0 Å². The van der Waals surface area contributed by atoms with Gasteiger partial charge < -0.3 is 5.11 Å². The Hall–Kier alpha value is -0.0400. The SMILES string of the molecule is CCC[C@@H]1C[C@@]1(C)O. The minimum Gasteiger partial charge on any atom is -0.390 e. The zero-order chi connectivity index (χ0) is 6.20. The van der Waals surface area contributed by atoms with E-state index in [0.717, 1.165) is 6.42 Å². The Morgan fingerprint density at radius 2 is 2.25 bits per heavy atom. The van der Waals surface area contributed by atoms with Gasteiger partial charge in [0.15, 0.2) is 0 Å². The molecule has 48 valence electrons. The van der Waals surface area contributed by atoms with E-state index in [-0.39, 0.29) is 5.60 Å². The van der Waals surface area contributed by atoms with Crippen molar-refractivity contribution < 1.29 is 5.11 Å². The monoisotopic (exact) mass is 114 g/mol. The van der Waals surface area contributed by atoms with E-state index in [9.17, 15) is 5.11 Å². The van der Waals surface area contributed by atoms with Crippen molar-refractivity contribution in [3.63, 3.8) is 0 Å². The summed E-state index contributed by atoms with van der Waals surface area (Å²) in [7, 11) is 0. The van der Waals surface area contributed by atoms with Gasteiger partial charge in [0.05, 0.1) is 5.60 Å². The minimum absolute atomic E-state index is 0.282. The highest BCUT2D eigenvalue weighted by Crippen LogP contribution is 2.45. The van der Waals surface area contributed by atoms with Crippen LogP contribution in [0.5, 0.6) is 0 Å². The van der Waals surface area contributed by atoms with E-state index in [1.54, 1.807) is 0 Å². The van der Waals surface area contributed by atoms with Crippen molar-refractivity contribution in [2.45, 2.75) is 38.7 Å². The van der Waals surface area contributed by atoms with E-state index in [1.165, 1.54) is 12.8 Å². The van der Waals surface area contributed by atoms with E-state index in [0.29, 0.717) is 5.92 Å². The van der Waals surface area contributed by atoms with E-state index in [4.69, 9.17) is 0 Å². The Kier molecular flexibility index (Phi) is 1.31. The molecule has 8 heavy (non-hydrogen) atoms. The molecule has 0 radical (unpaired) electrons. The molecule has 0 aromatic rings. The largest absolute Gasteiger partial charge is 0.390 e. The molecule has 0 unspecified atom stereocenters. The molecule has 2 atom stereocenters. The summed E-state index contributed by atoms with van der Waals surface area (Å²) >= 11 is 0. The van der Waals surface area contributed by atoms with Crippen molar-refractivity contribution >= 4 is 0 Å². The lowest BCUT2D eigenvalue weighted by Gasteiger charge is -1.97. The summed E-state index contributed by atoms with van der Waals surface area (Å²) in [6.45, 7) is 4.09. The van der Waals surface area contributed by atoms with Crippen molar-refractivity contribution in [2.75, 3.05) is 0 Å². The van der Waals surface area contributed by atoms with E-state index < -0.39 is 0 Å². The summed E-state index contributed by atoms with van der Waals surface area (Å²) in [6.07, 6.45) is 3.44. The summed E-state index contributed by atoms with van der Waals surface area (Å²) in [5.41, 5.74) is -0.282. The molecule has 0 heterocycles. The Labute approximate surface area is 50.7 Å². The topological polar surface area (TPSA) is 20.2 Å². The highest BCUT2D eigenvalue weighted by Gasteiger charge is 2.47. The molecule has 1 aliphatic carbocycles. The lowest BCUT2D eigenvalue weighted by atomic mass is 10.2. The van der Waals surface area contributed by atoms with Gasteiger partial charge in [-0.15, -0.1) is 0 Å². The third-order valence-corrected chi connectivity index (χ3v) is 2.02. The van der Waals surface area contributed by atoms with Gasteiger partial charge >= 0.3 is 0 Å². The maximum atomic E-state index is 9.22.